The highest BCUT2D eigenvalue weighted by Gasteiger charge is 2.23. The molecule has 0 unspecified atom stereocenters. The number of thioether (sulfide) groups is 1. The summed E-state index contributed by atoms with van der Waals surface area (Å²) in [4.78, 5) is 19.4. The molecule has 2 aromatic rings. The van der Waals surface area contributed by atoms with Crippen LogP contribution in [0.5, 0.6) is 0 Å². The maximum Gasteiger partial charge on any atom is 0.264 e. The van der Waals surface area contributed by atoms with Crippen molar-refractivity contribution in [2.75, 3.05) is 19.0 Å². The summed E-state index contributed by atoms with van der Waals surface area (Å²) in [7, 11) is 3.99. The number of aliphatic imine (C=N–C) groups is 1. The van der Waals surface area contributed by atoms with Gasteiger partial charge in [0, 0.05) is 24.8 Å². The third-order valence-electron chi connectivity index (χ3n) is 3.74. The standard InChI is InChI=1S/C19H18ClN3OS/c1-12-10-14(20)6-9-16(12)21-19-22-18(24)17(25-19)11-13-4-7-15(8-5-13)23(2)3/h4-11H,1-3H3,(H,21,22,24)/b17-11-. The molecule has 25 heavy (non-hydrogen) atoms. The number of benzene rings is 2. The summed E-state index contributed by atoms with van der Waals surface area (Å²) in [5, 5.41) is 4.06. The first kappa shape index (κ1) is 17.6. The lowest BCUT2D eigenvalue weighted by Crippen LogP contribution is -2.19. The third-order valence-corrected chi connectivity index (χ3v) is 4.88. The lowest BCUT2D eigenvalue weighted by atomic mass is 10.2. The van der Waals surface area contributed by atoms with Crippen LogP contribution in [0.15, 0.2) is 52.4 Å². The van der Waals surface area contributed by atoms with Gasteiger partial charge >= 0.3 is 0 Å². The molecular weight excluding hydrogens is 354 g/mol. The van der Waals surface area contributed by atoms with Crippen molar-refractivity contribution in [2.45, 2.75) is 6.92 Å². The summed E-state index contributed by atoms with van der Waals surface area (Å²) < 4.78 is 0. The Balaban J connectivity index is 1.81. The number of carbonyl (C=O) groups is 1. The normalized spacial score (nSPS) is 17.2. The predicted molar refractivity (Wildman–Crippen MR) is 108 cm³/mol. The Kier molecular flexibility index (Phi) is 5.16. The lowest BCUT2D eigenvalue weighted by molar-refractivity contribution is -0.115. The highest BCUT2D eigenvalue weighted by atomic mass is 35.5. The van der Waals surface area contributed by atoms with E-state index < -0.39 is 0 Å². The minimum absolute atomic E-state index is 0.132. The van der Waals surface area contributed by atoms with E-state index in [1.54, 1.807) is 6.07 Å². The molecule has 1 fully saturated rings. The minimum atomic E-state index is -0.132. The van der Waals surface area contributed by atoms with Crippen LogP contribution in [0.4, 0.5) is 11.4 Å². The molecule has 1 amide bonds. The van der Waals surface area contributed by atoms with Crippen LogP contribution in [0, 0.1) is 6.92 Å². The molecule has 0 atom stereocenters. The van der Waals surface area contributed by atoms with Crippen LogP contribution in [0.1, 0.15) is 11.1 Å². The molecule has 128 valence electrons. The summed E-state index contributed by atoms with van der Waals surface area (Å²) in [6, 6.07) is 13.5. The molecule has 0 spiro atoms. The molecule has 0 bridgehead atoms. The van der Waals surface area contributed by atoms with Gasteiger partial charge in [0.1, 0.15) is 0 Å². The number of halogens is 1. The quantitative estimate of drug-likeness (QED) is 0.801. The predicted octanol–water partition coefficient (Wildman–Crippen LogP) is 4.61. The molecule has 1 aliphatic rings. The van der Waals surface area contributed by atoms with Gasteiger partial charge in [0.05, 0.1) is 10.6 Å². The molecule has 4 nitrogen and oxygen atoms in total. The van der Waals surface area contributed by atoms with Gasteiger partial charge in [-0.1, -0.05) is 23.7 Å². The van der Waals surface area contributed by atoms with Crippen LogP contribution in [0.3, 0.4) is 0 Å². The number of hydrogen-bond acceptors (Lipinski definition) is 4. The molecule has 0 aromatic heterocycles. The highest BCUT2D eigenvalue weighted by molar-refractivity contribution is 8.18. The maximum absolute atomic E-state index is 12.2. The molecule has 6 heteroatoms. The highest BCUT2D eigenvalue weighted by Crippen LogP contribution is 2.30. The van der Waals surface area contributed by atoms with E-state index in [2.05, 4.69) is 10.3 Å². The fraction of sp³-hybridized carbons (Fsp3) is 0.158. The van der Waals surface area contributed by atoms with Gasteiger partial charge in [0.25, 0.3) is 5.91 Å². The molecule has 0 aliphatic carbocycles. The smallest absolute Gasteiger partial charge is 0.264 e. The zero-order chi connectivity index (χ0) is 18.0. The van der Waals surface area contributed by atoms with Crippen molar-refractivity contribution in [3.8, 4) is 0 Å². The fourth-order valence-electron chi connectivity index (χ4n) is 2.35. The van der Waals surface area contributed by atoms with Gasteiger partial charge in [-0.25, -0.2) is 4.99 Å². The topological polar surface area (TPSA) is 44.7 Å². The van der Waals surface area contributed by atoms with E-state index in [4.69, 9.17) is 11.6 Å². The van der Waals surface area contributed by atoms with Crippen LogP contribution in [0.25, 0.3) is 6.08 Å². The number of amides is 1. The maximum atomic E-state index is 12.2. The molecule has 3 rings (SSSR count). The zero-order valence-corrected chi connectivity index (χ0v) is 15.8. The van der Waals surface area contributed by atoms with Gasteiger partial charge in [-0.2, -0.15) is 0 Å². The molecular formula is C19H18ClN3OS. The molecule has 0 radical (unpaired) electrons. The van der Waals surface area contributed by atoms with Crippen molar-refractivity contribution in [3.63, 3.8) is 0 Å². The van der Waals surface area contributed by atoms with Crippen molar-refractivity contribution < 1.29 is 4.79 Å². The first-order chi connectivity index (χ1) is 11.9. The van der Waals surface area contributed by atoms with E-state index in [9.17, 15) is 4.79 Å². The number of carbonyl (C=O) groups excluding carboxylic acids is 1. The number of nitrogens with zero attached hydrogens (tertiary/aromatic N) is 2. The first-order valence-electron chi connectivity index (χ1n) is 7.75. The van der Waals surface area contributed by atoms with Gasteiger partial charge in [-0.3, -0.25) is 4.79 Å². The second kappa shape index (κ2) is 7.33. The SMILES string of the molecule is Cc1cc(Cl)ccc1N=C1NC(=O)/C(=C/c2ccc(N(C)C)cc2)S1. The summed E-state index contributed by atoms with van der Waals surface area (Å²) in [6.07, 6.45) is 1.87. The van der Waals surface area contributed by atoms with E-state index >= 15 is 0 Å². The monoisotopic (exact) mass is 371 g/mol. The van der Waals surface area contributed by atoms with Crippen LogP contribution in [-0.4, -0.2) is 25.2 Å². The van der Waals surface area contributed by atoms with Crippen molar-refractivity contribution in [1.82, 2.24) is 5.32 Å². The Morgan fingerprint density at radius 2 is 1.88 bits per heavy atom. The minimum Gasteiger partial charge on any atom is -0.378 e. The Hall–Kier alpha value is -2.24. The van der Waals surface area contributed by atoms with Gasteiger partial charge in [-0.15, -0.1) is 0 Å². The van der Waals surface area contributed by atoms with Crippen molar-refractivity contribution in [1.29, 1.82) is 0 Å². The number of hydrogen-bond donors (Lipinski definition) is 1. The summed E-state index contributed by atoms with van der Waals surface area (Å²) in [6.45, 7) is 1.94. The number of rotatable bonds is 3. The second-order valence-electron chi connectivity index (χ2n) is 5.90. The van der Waals surface area contributed by atoms with Gasteiger partial charge in [0.15, 0.2) is 5.17 Å². The Bertz CT molecular complexity index is 873. The van der Waals surface area contributed by atoms with Gasteiger partial charge in [-0.05, 0) is 66.2 Å². The summed E-state index contributed by atoms with van der Waals surface area (Å²) in [5.41, 5.74) is 3.86. The first-order valence-corrected chi connectivity index (χ1v) is 8.95. The van der Waals surface area contributed by atoms with Crippen molar-refractivity contribution in [2.24, 2.45) is 4.99 Å². The second-order valence-corrected chi connectivity index (χ2v) is 7.37. The van der Waals surface area contributed by atoms with Gasteiger partial charge < -0.3 is 10.2 Å². The zero-order valence-electron chi connectivity index (χ0n) is 14.2. The number of aryl methyl sites for hydroxylation is 1. The molecule has 2 aromatic carbocycles. The fourth-order valence-corrected chi connectivity index (χ4v) is 3.42. The molecule has 1 saturated heterocycles. The molecule has 1 heterocycles. The van der Waals surface area contributed by atoms with E-state index in [1.165, 1.54) is 11.8 Å². The van der Waals surface area contributed by atoms with Crippen LogP contribution >= 0.6 is 23.4 Å². The van der Waals surface area contributed by atoms with E-state index in [0.717, 1.165) is 22.5 Å². The summed E-state index contributed by atoms with van der Waals surface area (Å²) in [5.74, 6) is -0.132. The number of amidine groups is 1. The van der Waals surface area contributed by atoms with Crippen LogP contribution in [-0.2, 0) is 4.79 Å². The average molecular weight is 372 g/mol. The summed E-state index contributed by atoms with van der Waals surface area (Å²) >= 11 is 7.30. The van der Waals surface area contributed by atoms with Crippen LogP contribution < -0.4 is 10.2 Å². The Morgan fingerprint density at radius 3 is 2.52 bits per heavy atom. The van der Waals surface area contributed by atoms with Crippen molar-refractivity contribution >= 4 is 51.9 Å². The molecule has 0 saturated carbocycles. The molecule has 1 N–H and O–H groups in total. The van der Waals surface area contributed by atoms with E-state index in [0.29, 0.717) is 15.1 Å². The number of nitrogens with one attached hydrogen (secondary N) is 1. The van der Waals surface area contributed by atoms with Crippen LogP contribution in [0.2, 0.25) is 5.02 Å². The van der Waals surface area contributed by atoms with Crippen molar-refractivity contribution in [3.05, 3.63) is 63.5 Å². The Morgan fingerprint density at radius 1 is 1.16 bits per heavy atom. The largest absolute Gasteiger partial charge is 0.378 e. The lowest BCUT2D eigenvalue weighted by Gasteiger charge is -2.11. The number of anilines is 1. The third kappa shape index (κ3) is 4.24. The molecule has 1 aliphatic heterocycles. The van der Waals surface area contributed by atoms with E-state index in [1.807, 2.05) is 68.4 Å². The Labute approximate surface area is 156 Å². The van der Waals surface area contributed by atoms with Gasteiger partial charge in [0.2, 0.25) is 0 Å². The average Bonchev–Trinajstić information content (AvgIpc) is 2.90. The van der Waals surface area contributed by atoms with E-state index in [-0.39, 0.29) is 5.91 Å².